The van der Waals surface area contributed by atoms with Crippen molar-refractivity contribution in [1.82, 2.24) is 10.2 Å². The lowest BCUT2D eigenvalue weighted by Gasteiger charge is -2.37. The van der Waals surface area contributed by atoms with Crippen LogP contribution in [0.2, 0.25) is 0 Å². The largest absolute Gasteiger partial charge is 0.493 e. The van der Waals surface area contributed by atoms with Crippen LogP contribution < -0.4 is 19.7 Å². The highest BCUT2D eigenvalue weighted by Crippen LogP contribution is 2.41. The molecule has 1 spiro atoms. The summed E-state index contributed by atoms with van der Waals surface area (Å²) in [4.78, 5) is 29.4. The van der Waals surface area contributed by atoms with E-state index in [1.165, 1.54) is 12.1 Å². The molecule has 0 unspecified atom stereocenters. The molecule has 2 N–H and O–H groups in total. The van der Waals surface area contributed by atoms with Gasteiger partial charge in [-0.3, -0.25) is 19.1 Å². The number of halogens is 1. The van der Waals surface area contributed by atoms with Crippen molar-refractivity contribution >= 4 is 27.8 Å². The Labute approximate surface area is 280 Å². The van der Waals surface area contributed by atoms with Gasteiger partial charge in [-0.2, -0.15) is 8.42 Å². The van der Waals surface area contributed by atoms with E-state index >= 15 is 0 Å². The lowest BCUT2D eigenvalue weighted by atomic mass is 9.91. The van der Waals surface area contributed by atoms with Crippen LogP contribution in [0.5, 0.6) is 11.5 Å². The third kappa shape index (κ3) is 8.82. The minimum atomic E-state index is -4.01. The Morgan fingerprint density at radius 3 is 2.19 bits per heavy atom. The SMILES string of the molecule is CCOc1cc(CN2CCC3(CC2)CN(c2ccc(C(=O)NCCCCS(=O)(=O)O)cc2)C(=O)O3)cc(OCC)c1-c1ccc(F)cc1. The number of carbonyl (C=O) groups is 2. The predicted octanol–water partition coefficient (Wildman–Crippen LogP) is 5.68. The number of nitrogens with zero attached hydrogens (tertiary/aromatic N) is 2. The number of piperidine rings is 1. The van der Waals surface area contributed by atoms with E-state index in [2.05, 4.69) is 10.2 Å². The number of unbranched alkanes of at least 4 members (excludes halogenated alkanes) is 1. The van der Waals surface area contributed by atoms with Gasteiger partial charge in [0.05, 0.1) is 31.1 Å². The van der Waals surface area contributed by atoms with E-state index in [0.29, 0.717) is 68.3 Å². The summed E-state index contributed by atoms with van der Waals surface area (Å²) in [6, 6.07) is 17.0. The molecule has 2 aliphatic rings. The molecule has 0 aliphatic carbocycles. The van der Waals surface area contributed by atoms with Gasteiger partial charge in [0.1, 0.15) is 22.9 Å². The van der Waals surface area contributed by atoms with Crippen LogP contribution in [0.1, 0.15) is 55.5 Å². The molecule has 2 amide bonds. The zero-order valence-corrected chi connectivity index (χ0v) is 28.1. The normalized spacial score (nSPS) is 16.2. The number of anilines is 1. The van der Waals surface area contributed by atoms with Crippen LogP contribution >= 0.6 is 0 Å². The molecule has 0 atom stereocenters. The number of ether oxygens (including phenoxy) is 3. The summed E-state index contributed by atoms with van der Waals surface area (Å²) in [7, 11) is -4.01. The molecule has 2 fully saturated rings. The van der Waals surface area contributed by atoms with Crippen molar-refractivity contribution in [2.45, 2.75) is 51.7 Å². The fourth-order valence-corrected chi connectivity index (χ4v) is 6.71. The first kappa shape index (κ1) is 35.1. The minimum Gasteiger partial charge on any atom is -0.493 e. The highest BCUT2D eigenvalue weighted by Gasteiger charge is 2.47. The van der Waals surface area contributed by atoms with Crippen molar-refractivity contribution < 1.29 is 41.2 Å². The summed E-state index contributed by atoms with van der Waals surface area (Å²) >= 11 is 0. The van der Waals surface area contributed by atoms with Gasteiger partial charge in [0, 0.05) is 50.3 Å². The summed E-state index contributed by atoms with van der Waals surface area (Å²) in [6.07, 6.45) is 1.56. The van der Waals surface area contributed by atoms with Gasteiger partial charge in [-0.05, 0) is 86.3 Å². The van der Waals surface area contributed by atoms with E-state index in [4.69, 9.17) is 18.8 Å². The Morgan fingerprint density at radius 2 is 1.60 bits per heavy atom. The van der Waals surface area contributed by atoms with Gasteiger partial charge in [-0.25, -0.2) is 9.18 Å². The maximum absolute atomic E-state index is 13.7. The highest BCUT2D eigenvalue weighted by atomic mass is 32.2. The van der Waals surface area contributed by atoms with Gasteiger partial charge < -0.3 is 19.5 Å². The summed E-state index contributed by atoms with van der Waals surface area (Å²) < 4.78 is 62.1. The first-order valence-corrected chi connectivity index (χ1v) is 17.8. The van der Waals surface area contributed by atoms with Gasteiger partial charge >= 0.3 is 6.09 Å². The molecular weight excluding hydrogens is 641 g/mol. The second-order valence-electron chi connectivity index (χ2n) is 12.0. The average Bonchev–Trinajstić information content (AvgIpc) is 3.37. The molecule has 258 valence electrons. The van der Waals surface area contributed by atoms with Crippen molar-refractivity contribution in [3.63, 3.8) is 0 Å². The van der Waals surface area contributed by atoms with E-state index in [0.717, 1.165) is 29.8 Å². The van der Waals surface area contributed by atoms with Gasteiger partial charge in [-0.1, -0.05) is 12.1 Å². The smallest absolute Gasteiger partial charge is 0.415 e. The lowest BCUT2D eigenvalue weighted by Crippen LogP contribution is -2.46. The van der Waals surface area contributed by atoms with Crippen LogP contribution in [0.4, 0.5) is 14.9 Å². The summed E-state index contributed by atoms with van der Waals surface area (Å²) in [5, 5.41) is 2.73. The van der Waals surface area contributed by atoms with Crippen molar-refractivity contribution in [3.05, 3.63) is 77.6 Å². The van der Waals surface area contributed by atoms with E-state index in [1.807, 2.05) is 26.0 Å². The maximum atomic E-state index is 13.7. The van der Waals surface area contributed by atoms with Crippen molar-refractivity contribution in [2.75, 3.05) is 50.0 Å². The van der Waals surface area contributed by atoms with E-state index in [-0.39, 0.29) is 30.4 Å². The minimum absolute atomic E-state index is 0.240. The third-order valence-electron chi connectivity index (χ3n) is 8.56. The molecule has 2 heterocycles. The molecule has 48 heavy (non-hydrogen) atoms. The Morgan fingerprint density at radius 1 is 0.979 bits per heavy atom. The quantitative estimate of drug-likeness (QED) is 0.163. The lowest BCUT2D eigenvalue weighted by molar-refractivity contribution is -0.00101. The monoisotopic (exact) mass is 683 g/mol. The van der Waals surface area contributed by atoms with Crippen LogP contribution in [0.3, 0.4) is 0 Å². The van der Waals surface area contributed by atoms with E-state index < -0.39 is 21.8 Å². The van der Waals surface area contributed by atoms with Gasteiger partial charge in [0.15, 0.2) is 0 Å². The van der Waals surface area contributed by atoms with E-state index in [9.17, 15) is 22.4 Å². The number of nitrogens with one attached hydrogen (secondary N) is 1. The van der Waals surface area contributed by atoms with Crippen molar-refractivity contribution in [2.24, 2.45) is 0 Å². The molecule has 11 nitrogen and oxygen atoms in total. The molecule has 0 saturated carbocycles. The Hall–Kier alpha value is -4.20. The van der Waals surface area contributed by atoms with Crippen LogP contribution in [0.15, 0.2) is 60.7 Å². The third-order valence-corrected chi connectivity index (χ3v) is 9.36. The Balaban J connectivity index is 1.18. The fraction of sp³-hybridized carbons (Fsp3) is 0.429. The molecule has 0 radical (unpaired) electrons. The fourth-order valence-electron chi connectivity index (χ4n) is 6.14. The molecule has 3 aromatic rings. The van der Waals surface area contributed by atoms with Crippen molar-refractivity contribution in [1.29, 1.82) is 0 Å². The Kier molecular flexibility index (Phi) is 11.2. The average molecular weight is 684 g/mol. The Bertz CT molecular complexity index is 1660. The van der Waals surface area contributed by atoms with Crippen molar-refractivity contribution in [3.8, 4) is 22.6 Å². The predicted molar refractivity (Wildman–Crippen MR) is 180 cm³/mol. The molecule has 0 aromatic heterocycles. The molecule has 2 saturated heterocycles. The van der Waals surface area contributed by atoms with E-state index in [1.54, 1.807) is 41.3 Å². The van der Waals surface area contributed by atoms with Crippen LogP contribution in [0, 0.1) is 5.82 Å². The second-order valence-corrected chi connectivity index (χ2v) is 13.6. The number of likely N-dealkylation sites (tertiary alicyclic amines) is 1. The van der Waals surface area contributed by atoms with Crippen LogP contribution in [-0.2, 0) is 21.4 Å². The summed E-state index contributed by atoms with van der Waals surface area (Å²) in [5.41, 5.74) is 3.07. The number of rotatable bonds is 14. The zero-order chi connectivity index (χ0) is 34.3. The zero-order valence-electron chi connectivity index (χ0n) is 27.2. The number of hydrogen-bond donors (Lipinski definition) is 2. The summed E-state index contributed by atoms with van der Waals surface area (Å²) in [6.45, 7) is 7.56. The highest BCUT2D eigenvalue weighted by molar-refractivity contribution is 7.85. The molecular formula is C35H42FN3O8S. The number of carbonyl (C=O) groups excluding carboxylic acids is 2. The standard InChI is InChI=1S/C35H42FN3O8S/c1-3-45-30-21-25(22-31(46-4-2)32(30)26-7-11-28(36)12-8-26)23-38-18-15-35(16-19-38)24-39(34(41)47-35)29-13-9-27(10-14-29)33(40)37-17-5-6-20-48(42,43)44/h7-14,21-22H,3-6,15-20,23-24H2,1-2H3,(H,37,40)(H,42,43,44). The first-order chi connectivity index (χ1) is 23.0. The molecule has 2 aliphatic heterocycles. The molecule has 3 aromatic carbocycles. The number of hydrogen-bond acceptors (Lipinski definition) is 8. The molecule has 5 rings (SSSR count). The van der Waals surface area contributed by atoms with Gasteiger partial charge in [0.2, 0.25) is 0 Å². The number of amides is 2. The second kappa shape index (κ2) is 15.3. The number of benzene rings is 3. The molecule has 0 bridgehead atoms. The van der Waals surface area contributed by atoms with Gasteiger partial charge in [0.25, 0.3) is 16.0 Å². The molecule has 13 heteroatoms. The maximum Gasteiger partial charge on any atom is 0.415 e. The van der Waals surface area contributed by atoms with Crippen LogP contribution in [-0.4, -0.2) is 80.6 Å². The topological polar surface area (TPSA) is 135 Å². The first-order valence-electron chi connectivity index (χ1n) is 16.2. The summed E-state index contributed by atoms with van der Waals surface area (Å²) in [5.74, 6) is 0.390. The van der Waals surface area contributed by atoms with Gasteiger partial charge in [-0.15, -0.1) is 0 Å². The van der Waals surface area contributed by atoms with Crippen LogP contribution in [0.25, 0.3) is 11.1 Å².